The number of amides is 2. The zero-order chi connectivity index (χ0) is 14.9. The summed E-state index contributed by atoms with van der Waals surface area (Å²) in [5.41, 5.74) is -0.262. The number of likely N-dealkylation sites (tertiary alicyclic amines) is 1. The van der Waals surface area contributed by atoms with Crippen LogP contribution in [0.4, 0.5) is 19.3 Å². The Hall–Kier alpha value is -2.22. The van der Waals surface area contributed by atoms with Crippen molar-refractivity contribution in [1.29, 1.82) is 0 Å². The summed E-state index contributed by atoms with van der Waals surface area (Å²) in [6.45, 7) is -0.161. The van der Waals surface area contributed by atoms with Crippen LogP contribution in [0, 0.1) is 11.6 Å². The van der Waals surface area contributed by atoms with Crippen molar-refractivity contribution in [3.8, 4) is 0 Å². The van der Waals surface area contributed by atoms with Crippen LogP contribution < -0.4 is 5.32 Å². The highest BCUT2D eigenvalue weighted by Gasteiger charge is 2.39. The van der Waals surface area contributed by atoms with Crippen LogP contribution in [0.2, 0.25) is 0 Å². The molecule has 108 valence electrons. The van der Waals surface area contributed by atoms with E-state index in [1.807, 2.05) is 0 Å². The van der Waals surface area contributed by atoms with Crippen molar-refractivity contribution < 1.29 is 28.6 Å². The number of halogens is 2. The summed E-state index contributed by atoms with van der Waals surface area (Å²) in [6, 6.07) is 0.563. The number of rotatable bonds is 2. The molecule has 20 heavy (non-hydrogen) atoms. The van der Waals surface area contributed by atoms with Crippen LogP contribution in [0.25, 0.3) is 0 Å². The molecular weight excluding hydrogens is 274 g/mol. The molecule has 1 aliphatic heterocycles. The summed E-state index contributed by atoms with van der Waals surface area (Å²) in [7, 11) is 0. The van der Waals surface area contributed by atoms with Crippen molar-refractivity contribution in [2.24, 2.45) is 0 Å². The van der Waals surface area contributed by atoms with Crippen molar-refractivity contribution >= 4 is 17.7 Å². The van der Waals surface area contributed by atoms with E-state index in [9.17, 15) is 23.5 Å². The molecule has 6 nitrogen and oxygen atoms in total. The number of anilines is 1. The van der Waals surface area contributed by atoms with Crippen molar-refractivity contribution in [3.63, 3.8) is 0 Å². The largest absolute Gasteiger partial charge is 0.480 e. The first-order chi connectivity index (χ1) is 9.38. The highest BCUT2D eigenvalue weighted by atomic mass is 19.1. The minimum atomic E-state index is -1.25. The standard InChI is InChI=1S/C12H12F2N2O4/c13-6-1-2-9(8(14)3-6)15-12(20)16-5-7(17)4-10(16)11(18)19/h1-3,7,10,17H,4-5H2,(H,15,20)(H,18,19)/t7?,10-/m0/s1. The van der Waals surface area contributed by atoms with Crippen molar-refractivity contribution in [2.75, 3.05) is 11.9 Å². The molecule has 1 heterocycles. The molecule has 0 saturated carbocycles. The third-order valence-electron chi connectivity index (χ3n) is 3.00. The lowest BCUT2D eigenvalue weighted by Gasteiger charge is -2.21. The normalized spacial score (nSPS) is 21.9. The maximum absolute atomic E-state index is 13.4. The lowest BCUT2D eigenvalue weighted by atomic mass is 10.2. The molecule has 1 saturated heterocycles. The van der Waals surface area contributed by atoms with Crippen molar-refractivity contribution in [2.45, 2.75) is 18.6 Å². The minimum absolute atomic E-state index is 0.0886. The predicted molar refractivity (Wildman–Crippen MR) is 64.1 cm³/mol. The maximum atomic E-state index is 13.4. The summed E-state index contributed by atoms with van der Waals surface area (Å²) in [5, 5.41) is 20.5. The van der Waals surface area contributed by atoms with Gasteiger partial charge in [-0.15, -0.1) is 0 Å². The molecule has 1 aliphatic rings. The minimum Gasteiger partial charge on any atom is -0.480 e. The first-order valence-corrected chi connectivity index (χ1v) is 5.82. The number of hydrogen-bond acceptors (Lipinski definition) is 3. The molecule has 0 radical (unpaired) electrons. The molecule has 2 rings (SSSR count). The molecular formula is C12H12F2N2O4. The van der Waals surface area contributed by atoms with Gasteiger partial charge in [0.25, 0.3) is 0 Å². The van der Waals surface area contributed by atoms with Crippen molar-refractivity contribution in [3.05, 3.63) is 29.8 Å². The van der Waals surface area contributed by atoms with Gasteiger partial charge in [0.05, 0.1) is 11.8 Å². The number of aliphatic carboxylic acids is 1. The number of hydrogen-bond donors (Lipinski definition) is 3. The summed E-state index contributed by atoms with van der Waals surface area (Å²) in [5.74, 6) is -3.01. The molecule has 2 atom stereocenters. The lowest BCUT2D eigenvalue weighted by Crippen LogP contribution is -2.43. The number of aliphatic hydroxyl groups excluding tert-OH is 1. The zero-order valence-electron chi connectivity index (χ0n) is 10.2. The highest BCUT2D eigenvalue weighted by Crippen LogP contribution is 2.21. The number of carboxylic acid groups (broad SMARTS) is 1. The number of nitrogens with zero attached hydrogens (tertiary/aromatic N) is 1. The first kappa shape index (κ1) is 14.2. The smallest absolute Gasteiger partial charge is 0.326 e. The summed E-state index contributed by atoms with van der Waals surface area (Å²) in [4.78, 5) is 23.8. The van der Waals surface area contributed by atoms with Crippen LogP contribution in [-0.4, -0.2) is 45.8 Å². The van der Waals surface area contributed by atoms with Crippen LogP contribution in [0.5, 0.6) is 0 Å². The number of carbonyl (C=O) groups is 2. The Labute approximate surface area is 112 Å². The van der Waals surface area contributed by atoms with E-state index in [1.165, 1.54) is 0 Å². The second kappa shape index (κ2) is 5.41. The topological polar surface area (TPSA) is 89.9 Å². The number of nitrogens with one attached hydrogen (secondary N) is 1. The second-order valence-corrected chi connectivity index (χ2v) is 4.45. The van der Waals surface area contributed by atoms with E-state index >= 15 is 0 Å². The third kappa shape index (κ3) is 2.85. The molecule has 0 aliphatic carbocycles. The van der Waals surface area contributed by atoms with E-state index in [4.69, 9.17) is 5.11 Å². The van der Waals surface area contributed by atoms with Gasteiger partial charge in [-0.2, -0.15) is 0 Å². The summed E-state index contributed by atoms with van der Waals surface area (Å²) >= 11 is 0. The number of β-amino-alcohol motifs (C(OH)–C–C–N with tert-alkyl or cyclic N) is 1. The fourth-order valence-electron chi connectivity index (χ4n) is 2.05. The van der Waals surface area contributed by atoms with Gasteiger partial charge >= 0.3 is 12.0 Å². The number of benzene rings is 1. The average Bonchev–Trinajstić information content (AvgIpc) is 2.75. The van der Waals surface area contributed by atoms with Crippen LogP contribution in [0.15, 0.2) is 18.2 Å². The van der Waals surface area contributed by atoms with Crippen molar-refractivity contribution in [1.82, 2.24) is 4.90 Å². The Bertz CT molecular complexity index is 552. The SMILES string of the molecule is O=C(O)[C@@H]1CC(O)CN1C(=O)Nc1ccc(F)cc1F. The molecule has 0 aromatic heterocycles. The van der Waals surface area contributed by atoms with Gasteiger partial charge in [-0.25, -0.2) is 18.4 Å². The Morgan fingerprint density at radius 3 is 2.65 bits per heavy atom. The molecule has 3 N–H and O–H groups in total. The van der Waals surface area contributed by atoms with Crippen LogP contribution >= 0.6 is 0 Å². The van der Waals surface area contributed by atoms with Gasteiger partial charge in [0.1, 0.15) is 17.7 Å². The van der Waals surface area contributed by atoms with E-state index in [1.54, 1.807) is 0 Å². The first-order valence-electron chi connectivity index (χ1n) is 5.82. The molecule has 0 spiro atoms. The second-order valence-electron chi connectivity index (χ2n) is 4.45. The average molecular weight is 286 g/mol. The van der Waals surface area contributed by atoms with E-state index in [2.05, 4.69) is 5.32 Å². The van der Waals surface area contributed by atoms with E-state index in [-0.39, 0.29) is 18.7 Å². The molecule has 1 aromatic carbocycles. The van der Waals surface area contributed by atoms with E-state index in [0.717, 1.165) is 17.0 Å². The molecule has 0 bridgehead atoms. The number of carbonyl (C=O) groups excluding carboxylic acids is 1. The van der Waals surface area contributed by atoms with E-state index < -0.39 is 35.8 Å². The predicted octanol–water partition coefficient (Wildman–Crippen LogP) is 1.02. The zero-order valence-corrected chi connectivity index (χ0v) is 10.2. The van der Waals surface area contributed by atoms with Gasteiger partial charge in [0, 0.05) is 19.0 Å². The van der Waals surface area contributed by atoms with Gasteiger partial charge in [-0.05, 0) is 12.1 Å². The molecule has 8 heteroatoms. The quantitative estimate of drug-likeness (QED) is 0.757. The summed E-state index contributed by atoms with van der Waals surface area (Å²) in [6.07, 6.45) is -1.03. The lowest BCUT2D eigenvalue weighted by molar-refractivity contribution is -0.141. The van der Waals surface area contributed by atoms with Gasteiger partial charge in [0.15, 0.2) is 0 Å². The van der Waals surface area contributed by atoms with Crippen LogP contribution in [-0.2, 0) is 4.79 Å². The molecule has 1 fully saturated rings. The molecule has 1 unspecified atom stereocenters. The number of aliphatic hydroxyl groups is 1. The molecule has 2 amide bonds. The van der Waals surface area contributed by atoms with Gasteiger partial charge in [-0.3, -0.25) is 0 Å². The Balaban J connectivity index is 2.13. The van der Waals surface area contributed by atoms with E-state index in [0.29, 0.717) is 6.07 Å². The maximum Gasteiger partial charge on any atom is 0.326 e. The number of carboxylic acids is 1. The Morgan fingerprint density at radius 2 is 2.05 bits per heavy atom. The Kier molecular flexibility index (Phi) is 3.84. The fourth-order valence-corrected chi connectivity index (χ4v) is 2.05. The Morgan fingerprint density at radius 1 is 1.35 bits per heavy atom. The van der Waals surface area contributed by atoms with Gasteiger partial charge in [-0.1, -0.05) is 0 Å². The number of urea groups is 1. The monoisotopic (exact) mass is 286 g/mol. The highest BCUT2D eigenvalue weighted by molar-refractivity contribution is 5.92. The van der Waals surface area contributed by atoms with Gasteiger partial charge < -0.3 is 20.4 Å². The summed E-state index contributed by atoms with van der Waals surface area (Å²) < 4.78 is 26.1. The van der Waals surface area contributed by atoms with Crippen LogP contribution in [0.3, 0.4) is 0 Å². The molecule has 1 aromatic rings. The third-order valence-corrected chi connectivity index (χ3v) is 3.00. The van der Waals surface area contributed by atoms with Gasteiger partial charge in [0.2, 0.25) is 0 Å². The van der Waals surface area contributed by atoms with Crippen LogP contribution in [0.1, 0.15) is 6.42 Å². The fraction of sp³-hybridized carbons (Fsp3) is 0.333.